The highest BCUT2D eigenvalue weighted by atomic mass is 79.9. The van der Waals surface area contributed by atoms with Crippen LogP contribution in [0, 0.1) is 0 Å². The largest absolute Gasteiger partial charge is 0.341 e. The molecule has 0 spiro atoms. The fourth-order valence-electron chi connectivity index (χ4n) is 2.46. The van der Waals surface area contributed by atoms with Crippen molar-refractivity contribution in [1.29, 1.82) is 0 Å². The second-order valence-corrected chi connectivity index (χ2v) is 6.34. The highest BCUT2D eigenvalue weighted by Crippen LogP contribution is 2.44. The summed E-state index contributed by atoms with van der Waals surface area (Å²) in [7, 11) is 0. The number of nitrogens with zero attached hydrogens (tertiary/aromatic N) is 3. The Morgan fingerprint density at radius 1 is 1.06 bits per heavy atom. The Labute approximate surface area is 121 Å². The molecule has 0 N–H and O–H groups in total. The highest BCUT2D eigenvalue weighted by molar-refractivity contribution is 9.10. The van der Waals surface area contributed by atoms with Gasteiger partial charge in [0.2, 0.25) is 5.95 Å². The summed E-state index contributed by atoms with van der Waals surface area (Å²) >= 11 is 9.75. The molecule has 5 heteroatoms. The summed E-state index contributed by atoms with van der Waals surface area (Å²) in [5, 5.41) is 0.561. The van der Waals surface area contributed by atoms with Crippen molar-refractivity contribution in [2.45, 2.75) is 44.4 Å². The minimum Gasteiger partial charge on any atom is -0.341 e. The number of aromatic nitrogens is 2. The second kappa shape index (κ2) is 5.33. The van der Waals surface area contributed by atoms with E-state index in [-0.39, 0.29) is 0 Å². The van der Waals surface area contributed by atoms with E-state index in [4.69, 9.17) is 16.6 Å². The van der Waals surface area contributed by atoms with Crippen molar-refractivity contribution in [1.82, 2.24) is 9.97 Å². The van der Waals surface area contributed by atoms with Crippen LogP contribution in [0.3, 0.4) is 0 Å². The molecule has 2 aliphatic rings. The van der Waals surface area contributed by atoms with Crippen molar-refractivity contribution in [2.24, 2.45) is 0 Å². The zero-order valence-corrected chi connectivity index (χ0v) is 12.7. The van der Waals surface area contributed by atoms with Gasteiger partial charge < -0.3 is 4.90 Å². The maximum absolute atomic E-state index is 6.23. The van der Waals surface area contributed by atoms with Crippen LogP contribution >= 0.6 is 27.5 Å². The lowest BCUT2D eigenvalue weighted by atomic mass is 10.2. The Morgan fingerprint density at radius 3 is 2.33 bits per heavy atom. The van der Waals surface area contributed by atoms with Crippen molar-refractivity contribution < 1.29 is 0 Å². The number of hydrogen-bond donors (Lipinski definition) is 0. The van der Waals surface area contributed by atoms with Crippen LogP contribution in [0.5, 0.6) is 0 Å². The lowest BCUT2D eigenvalue weighted by Gasteiger charge is -2.21. The molecule has 0 amide bonds. The molecular weight excluding hydrogens is 314 g/mol. The van der Waals surface area contributed by atoms with E-state index in [0.29, 0.717) is 11.1 Å². The van der Waals surface area contributed by atoms with Crippen LogP contribution in [-0.4, -0.2) is 23.1 Å². The quantitative estimate of drug-likeness (QED) is 0.763. The normalized spacial score (nSPS) is 20.9. The van der Waals surface area contributed by atoms with Crippen LogP contribution < -0.4 is 4.90 Å². The van der Waals surface area contributed by atoms with Crippen molar-refractivity contribution in [2.75, 3.05) is 18.0 Å². The highest BCUT2D eigenvalue weighted by Gasteiger charge is 2.30. The maximum atomic E-state index is 6.23. The predicted octanol–water partition coefficient (Wildman–Crippen LogP) is 4.15. The maximum Gasteiger partial charge on any atom is 0.227 e. The second-order valence-electron chi connectivity index (χ2n) is 5.19. The van der Waals surface area contributed by atoms with Gasteiger partial charge in [-0.15, -0.1) is 0 Å². The number of rotatable bonds is 2. The minimum atomic E-state index is 0.561. The van der Waals surface area contributed by atoms with Crippen LogP contribution in [0.25, 0.3) is 0 Å². The first-order valence-corrected chi connectivity index (χ1v) is 7.90. The summed E-state index contributed by atoms with van der Waals surface area (Å²) in [6.45, 7) is 2.12. The zero-order valence-electron chi connectivity index (χ0n) is 10.3. The van der Waals surface area contributed by atoms with Crippen LogP contribution in [0.15, 0.2) is 4.47 Å². The van der Waals surface area contributed by atoms with E-state index >= 15 is 0 Å². The lowest BCUT2D eigenvalue weighted by molar-refractivity contribution is 0.726. The Balaban J connectivity index is 1.90. The standard InChI is InChI=1S/C13H17BrClN3/c14-10-11(9-5-6-9)16-13(17-12(10)15)18-7-3-1-2-4-8-18/h9H,1-8H2. The number of halogens is 2. The van der Waals surface area contributed by atoms with Gasteiger partial charge in [-0.2, -0.15) is 4.98 Å². The third kappa shape index (κ3) is 2.64. The Hall–Kier alpha value is -0.350. The molecule has 3 nitrogen and oxygen atoms in total. The van der Waals surface area contributed by atoms with Gasteiger partial charge in [0.05, 0.1) is 10.2 Å². The summed E-state index contributed by atoms with van der Waals surface area (Å²) in [6.07, 6.45) is 7.55. The summed E-state index contributed by atoms with van der Waals surface area (Å²) < 4.78 is 0.894. The minimum absolute atomic E-state index is 0.561. The van der Waals surface area contributed by atoms with Gasteiger partial charge in [-0.3, -0.25) is 0 Å². The Kier molecular flexibility index (Phi) is 3.76. The zero-order chi connectivity index (χ0) is 12.5. The van der Waals surface area contributed by atoms with Gasteiger partial charge in [0, 0.05) is 19.0 Å². The van der Waals surface area contributed by atoms with Gasteiger partial charge in [0.1, 0.15) is 5.15 Å². The molecule has 3 rings (SSSR count). The predicted molar refractivity (Wildman–Crippen MR) is 77.4 cm³/mol. The smallest absolute Gasteiger partial charge is 0.227 e. The molecule has 1 aromatic heterocycles. The van der Waals surface area contributed by atoms with Gasteiger partial charge in [-0.05, 0) is 41.6 Å². The third-order valence-electron chi connectivity index (χ3n) is 3.68. The van der Waals surface area contributed by atoms with Crippen LogP contribution in [-0.2, 0) is 0 Å². The third-order valence-corrected chi connectivity index (χ3v) is 4.96. The summed E-state index contributed by atoms with van der Waals surface area (Å²) in [5.41, 5.74) is 1.11. The molecule has 1 aromatic rings. The van der Waals surface area contributed by atoms with Gasteiger partial charge in [0.25, 0.3) is 0 Å². The van der Waals surface area contributed by atoms with Crippen molar-refractivity contribution in [3.05, 3.63) is 15.3 Å². The number of hydrogen-bond acceptors (Lipinski definition) is 3. The van der Waals surface area contributed by atoms with Crippen LogP contribution in [0.2, 0.25) is 5.15 Å². The molecule has 1 saturated carbocycles. The first-order chi connectivity index (χ1) is 8.75. The molecule has 0 unspecified atom stereocenters. The molecule has 0 aromatic carbocycles. The van der Waals surface area contributed by atoms with E-state index in [0.717, 1.165) is 29.2 Å². The molecule has 1 aliphatic carbocycles. The van der Waals surface area contributed by atoms with E-state index in [9.17, 15) is 0 Å². The molecule has 98 valence electrons. The molecule has 1 saturated heterocycles. The molecule has 1 aliphatic heterocycles. The van der Waals surface area contributed by atoms with E-state index in [1.54, 1.807) is 0 Å². The van der Waals surface area contributed by atoms with E-state index in [1.807, 2.05) is 0 Å². The van der Waals surface area contributed by atoms with E-state index < -0.39 is 0 Å². The Bertz CT molecular complexity index is 440. The van der Waals surface area contributed by atoms with Gasteiger partial charge in [0.15, 0.2) is 0 Å². The molecule has 0 atom stereocenters. The Morgan fingerprint density at radius 2 is 1.72 bits per heavy atom. The van der Waals surface area contributed by atoms with Gasteiger partial charge in [-0.25, -0.2) is 4.98 Å². The number of anilines is 1. The van der Waals surface area contributed by atoms with Gasteiger partial charge in [-0.1, -0.05) is 24.4 Å². The van der Waals surface area contributed by atoms with Crippen LogP contribution in [0.4, 0.5) is 5.95 Å². The van der Waals surface area contributed by atoms with Crippen LogP contribution in [0.1, 0.15) is 50.1 Å². The lowest BCUT2D eigenvalue weighted by Crippen LogP contribution is -2.26. The van der Waals surface area contributed by atoms with Crippen molar-refractivity contribution in [3.8, 4) is 0 Å². The molecule has 2 fully saturated rings. The monoisotopic (exact) mass is 329 g/mol. The first kappa shape index (κ1) is 12.7. The SMILES string of the molecule is Clc1nc(N2CCCCCC2)nc(C2CC2)c1Br. The molecule has 2 heterocycles. The van der Waals surface area contributed by atoms with Crippen molar-refractivity contribution >= 4 is 33.5 Å². The van der Waals surface area contributed by atoms with Gasteiger partial charge >= 0.3 is 0 Å². The summed E-state index contributed by atoms with van der Waals surface area (Å²) in [5.74, 6) is 1.41. The topological polar surface area (TPSA) is 29.0 Å². The van der Waals surface area contributed by atoms with E-state index in [2.05, 4.69) is 25.8 Å². The fraction of sp³-hybridized carbons (Fsp3) is 0.692. The molecule has 0 bridgehead atoms. The molecule has 0 radical (unpaired) electrons. The summed E-state index contributed by atoms with van der Waals surface area (Å²) in [4.78, 5) is 11.5. The molecule has 18 heavy (non-hydrogen) atoms. The average Bonchev–Trinajstić information content (AvgIpc) is 3.17. The van der Waals surface area contributed by atoms with Crippen molar-refractivity contribution in [3.63, 3.8) is 0 Å². The fourth-order valence-corrected chi connectivity index (χ4v) is 3.14. The average molecular weight is 331 g/mol. The molecular formula is C13H17BrClN3. The van der Waals surface area contributed by atoms with E-state index in [1.165, 1.54) is 38.5 Å². The first-order valence-electron chi connectivity index (χ1n) is 6.73. The summed E-state index contributed by atoms with van der Waals surface area (Å²) in [6, 6.07) is 0.